The van der Waals surface area contributed by atoms with Gasteiger partial charge in [0, 0.05) is 12.5 Å². The molecule has 16 heavy (non-hydrogen) atoms. The molecule has 0 bridgehead atoms. The van der Waals surface area contributed by atoms with E-state index in [-0.39, 0.29) is 0 Å². The largest absolute Gasteiger partial charge is 0.380 e. The van der Waals surface area contributed by atoms with Gasteiger partial charge in [-0.15, -0.1) is 5.10 Å². The van der Waals surface area contributed by atoms with Crippen LogP contribution >= 0.6 is 0 Å². The molecule has 0 amide bonds. The van der Waals surface area contributed by atoms with Gasteiger partial charge < -0.3 is 4.74 Å². The Bertz CT molecular complexity index is 389. The molecule has 0 N–H and O–H groups in total. The van der Waals surface area contributed by atoms with Gasteiger partial charge in [-0.25, -0.2) is 4.68 Å². The average Bonchev–Trinajstić information content (AvgIpc) is 3.04. The van der Waals surface area contributed by atoms with Crippen molar-refractivity contribution in [3.05, 3.63) is 11.4 Å². The number of nitriles is 1. The van der Waals surface area contributed by atoms with E-state index in [1.807, 2.05) is 11.6 Å². The number of hydrogen-bond donors (Lipinski definition) is 0. The summed E-state index contributed by atoms with van der Waals surface area (Å²) in [6.45, 7) is 4.09. The maximum atomic E-state index is 8.72. The lowest BCUT2D eigenvalue weighted by Gasteiger charge is -2.05. The number of ether oxygens (including phenoxy) is 1. The van der Waals surface area contributed by atoms with Crippen LogP contribution in [0.5, 0.6) is 0 Å². The number of hydrogen-bond acceptors (Lipinski definition) is 4. The maximum absolute atomic E-state index is 8.72. The van der Waals surface area contributed by atoms with Crippen LogP contribution < -0.4 is 0 Å². The molecule has 2 rings (SSSR count). The molecule has 0 spiro atoms. The molecule has 0 aliphatic heterocycles. The Morgan fingerprint density at radius 1 is 1.56 bits per heavy atom. The average molecular weight is 220 g/mol. The van der Waals surface area contributed by atoms with Gasteiger partial charge in [-0.2, -0.15) is 5.26 Å². The highest BCUT2D eigenvalue weighted by Gasteiger charge is 2.30. The molecule has 1 heterocycles. The van der Waals surface area contributed by atoms with Gasteiger partial charge >= 0.3 is 0 Å². The van der Waals surface area contributed by atoms with Gasteiger partial charge in [-0.1, -0.05) is 5.21 Å². The molecule has 0 unspecified atom stereocenters. The molecule has 0 atom stereocenters. The topological polar surface area (TPSA) is 63.7 Å². The Kier molecular flexibility index (Phi) is 3.52. The van der Waals surface area contributed by atoms with Crippen LogP contribution in [0.1, 0.15) is 37.1 Å². The van der Waals surface area contributed by atoms with E-state index < -0.39 is 0 Å². The molecule has 1 saturated carbocycles. The molecule has 86 valence electrons. The molecular weight excluding hydrogens is 204 g/mol. The first-order valence-corrected chi connectivity index (χ1v) is 5.73. The van der Waals surface area contributed by atoms with Crippen LogP contribution in [0.15, 0.2) is 0 Å². The van der Waals surface area contributed by atoms with E-state index in [9.17, 15) is 0 Å². The highest BCUT2D eigenvalue weighted by Crippen LogP contribution is 2.41. The minimum Gasteiger partial charge on any atom is -0.380 e. The Balaban J connectivity index is 2.08. The minimum absolute atomic E-state index is 0.362. The molecular formula is C11H16N4O. The summed E-state index contributed by atoms with van der Waals surface area (Å²) >= 11 is 0. The molecule has 0 aromatic carbocycles. The fourth-order valence-electron chi connectivity index (χ4n) is 1.82. The summed E-state index contributed by atoms with van der Waals surface area (Å²) < 4.78 is 7.21. The third-order valence-corrected chi connectivity index (χ3v) is 2.71. The minimum atomic E-state index is 0.362. The van der Waals surface area contributed by atoms with Crippen LogP contribution in [0.3, 0.4) is 0 Å². The van der Waals surface area contributed by atoms with Gasteiger partial charge in [-0.05, 0) is 19.8 Å². The van der Waals surface area contributed by atoms with E-state index in [1.54, 1.807) is 0 Å². The van der Waals surface area contributed by atoms with Gasteiger partial charge in [0.2, 0.25) is 0 Å². The van der Waals surface area contributed by atoms with Crippen molar-refractivity contribution in [2.45, 2.75) is 38.6 Å². The first kappa shape index (κ1) is 11.1. The smallest absolute Gasteiger partial charge is 0.100 e. The third-order valence-electron chi connectivity index (χ3n) is 2.71. The van der Waals surface area contributed by atoms with Crippen molar-refractivity contribution < 1.29 is 4.74 Å². The predicted molar refractivity (Wildman–Crippen MR) is 57.8 cm³/mol. The van der Waals surface area contributed by atoms with Crippen LogP contribution in [0.2, 0.25) is 0 Å². The lowest BCUT2D eigenvalue weighted by molar-refractivity contribution is 0.135. The van der Waals surface area contributed by atoms with Gasteiger partial charge in [0.05, 0.1) is 31.3 Å². The predicted octanol–water partition coefficient (Wildman–Crippen LogP) is 1.26. The summed E-state index contributed by atoms with van der Waals surface area (Å²) in [6.07, 6.45) is 2.75. The number of rotatable bonds is 6. The van der Waals surface area contributed by atoms with Gasteiger partial charge in [0.25, 0.3) is 0 Å². The Hall–Kier alpha value is -1.41. The van der Waals surface area contributed by atoms with Gasteiger partial charge in [0.1, 0.15) is 5.69 Å². The molecule has 1 aliphatic rings. The van der Waals surface area contributed by atoms with Crippen molar-refractivity contribution >= 4 is 0 Å². The van der Waals surface area contributed by atoms with Crippen LogP contribution in [-0.4, -0.2) is 28.2 Å². The van der Waals surface area contributed by atoms with Gasteiger partial charge in [-0.3, -0.25) is 0 Å². The summed E-state index contributed by atoms with van der Waals surface area (Å²) in [4.78, 5) is 0. The van der Waals surface area contributed by atoms with Crippen molar-refractivity contribution in [2.24, 2.45) is 0 Å². The first-order valence-electron chi connectivity index (χ1n) is 5.73. The zero-order valence-corrected chi connectivity index (χ0v) is 9.52. The molecule has 1 aromatic rings. The lowest BCUT2D eigenvalue weighted by atomic mass is 10.2. The van der Waals surface area contributed by atoms with Gasteiger partial charge in [0.15, 0.2) is 0 Å². The second kappa shape index (κ2) is 5.08. The van der Waals surface area contributed by atoms with Crippen LogP contribution in [0.25, 0.3) is 0 Å². The summed E-state index contributed by atoms with van der Waals surface area (Å²) in [5, 5.41) is 16.9. The van der Waals surface area contributed by atoms with Crippen molar-refractivity contribution in [2.75, 3.05) is 13.2 Å². The highest BCUT2D eigenvalue weighted by molar-refractivity contribution is 5.22. The van der Waals surface area contributed by atoms with Crippen molar-refractivity contribution in [1.29, 1.82) is 5.26 Å². The second-order valence-corrected chi connectivity index (χ2v) is 3.95. The molecule has 0 saturated heterocycles. The van der Waals surface area contributed by atoms with Crippen molar-refractivity contribution in [3.63, 3.8) is 0 Å². The second-order valence-electron chi connectivity index (χ2n) is 3.95. The Morgan fingerprint density at radius 2 is 2.38 bits per heavy atom. The van der Waals surface area contributed by atoms with E-state index >= 15 is 0 Å². The summed E-state index contributed by atoms with van der Waals surface area (Å²) in [7, 11) is 0. The highest BCUT2D eigenvalue weighted by atomic mass is 16.5. The van der Waals surface area contributed by atoms with E-state index in [4.69, 9.17) is 10.00 Å². The van der Waals surface area contributed by atoms with E-state index in [0.29, 0.717) is 18.9 Å². The zero-order valence-electron chi connectivity index (χ0n) is 9.52. The fraction of sp³-hybridized carbons (Fsp3) is 0.727. The van der Waals surface area contributed by atoms with E-state index in [2.05, 4.69) is 16.4 Å². The van der Waals surface area contributed by atoms with Crippen molar-refractivity contribution in [3.8, 4) is 6.07 Å². The molecule has 5 heteroatoms. The fourth-order valence-corrected chi connectivity index (χ4v) is 1.82. The van der Waals surface area contributed by atoms with Crippen LogP contribution in [0, 0.1) is 11.3 Å². The monoisotopic (exact) mass is 220 g/mol. The molecule has 1 fully saturated rings. The summed E-state index contributed by atoms with van der Waals surface area (Å²) in [5.74, 6) is 0.569. The van der Waals surface area contributed by atoms with Crippen LogP contribution in [0.4, 0.5) is 0 Å². The molecule has 0 radical (unpaired) electrons. The maximum Gasteiger partial charge on any atom is 0.100 e. The Labute approximate surface area is 95.0 Å². The number of nitrogens with zero attached hydrogens (tertiary/aromatic N) is 4. The summed E-state index contributed by atoms with van der Waals surface area (Å²) in [5.41, 5.74) is 2.00. The van der Waals surface area contributed by atoms with E-state index in [1.165, 1.54) is 12.8 Å². The first-order chi connectivity index (χ1) is 7.86. The van der Waals surface area contributed by atoms with Crippen molar-refractivity contribution in [1.82, 2.24) is 15.0 Å². The lowest BCUT2D eigenvalue weighted by Crippen LogP contribution is -2.10. The zero-order chi connectivity index (χ0) is 11.4. The SMILES string of the molecule is CCOCCn1nnc(CC#N)c1C1CC1. The van der Waals surface area contributed by atoms with Crippen LogP contribution in [-0.2, 0) is 17.7 Å². The summed E-state index contributed by atoms with van der Waals surface area (Å²) in [6, 6.07) is 2.14. The molecule has 1 aromatic heterocycles. The number of aromatic nitrogens is 3. The third kappa shape index (κ3) is 2.39. The molecule has 5 nitrogen and oxygen atoms in total. The standard InChI is InChI=1S/C11H16N4O/c1-2-16-8-7-15-11(9-3-4-9)10(5-6-12)13-14-15/h9H,2-5,7-8H2,1H3. The molecule has 1 aliphatic carbocycles. The normalized spacial score (nSPS) is 15.0. The Morgan fingerprint density at radius 3 is 3.00 bits per heavy atom. The van der Waals surface area contributed by atoms with E-state index in [0.717, 1.165) is 24.5 Å². The quantitative estimate of drug-likeness (QED) is 0.677.